The number of hydrogen-bond acceptors (Lipinski definition) is 4. The highest BCUT2D eigenvalue weighted by Crippen LogP contribution is 2.32. The lowest BCUT2D eigenvalue weighted by Crippen LogP contribution is -2.45. The number of halogens is 3. The van der Waals surface area contributed by atoms with Gasteiger partial charge in [0.25, 0.3) is 5.69 Å². The third-order valence-electron chi connectivity index (χ3n) is 3.98. The first kappa shape index (κ1) is 22.4. The molecule has 0 aliphatic carbocycles. The molecule has 1 aliphatic rings. The molecule has 1 atom stereocenters. The highest BCUT2D eigenvalue weighted by atomic mass is 35.5. The topological polar surface area (TPSA) is 58.4 Å². The highest BCUT2D eigenvalue weighted by molar-refractivity contribution is 6.32. The van der Waals surface area contributed by atoms with E-state index in [1.165, 1.54) is 0 Å². The van der Waals surface area contributed by atoms with E-state index in [9.17, 15) is 10.1 Å². The standard InChI is InChI=1S/C15H22ClN3O2.2ClH/c1-2-3-4-14(18-9-7-17-8-10-18)12-5-6-13(16)15(11-12)19(20)21;;/h5-6,11,14,17H,2-4,7-10H2,1H3;2*1H/t14-;;/m0../s1. The van der Waals surface area contributed by atoms with Crippen LogP contribution in [0.3, 0.4) is 0 Å². The molecule has 8 heteroatoms. The number of hydrogen-bond donors (Lipinski definition) is 1. The lowest BCUT2D eigenvalue weighted by Gasteiger charge is -2.35. The van der Waals surface area contributed by atoms with Crippen molar-refractivity contribution in [3.8, 4) is 0 Å². The van der Waals surface area contributed by atoms with Crippen molar-refractivity contribution in [2.24, 2.45) is 0 Å². The van der Waals surface area contributed by atoms with Crippen molar-refractivity contribution < 1.29 is 4.92 Å². The second-order valence-electron chi connectivity index (χ2n) is 5.41. The smallest absolute Gasteiger partial charge is 0.288 e. The SMILES string of the molecule is CCCC[C@@H](c1ccc(Cl)c([N+](=O)[O-])c1)N1CCNCC1.Cl.Cl. The number of nitro groups is 1. The Morgan fingerprint density at radius 1 is 1.35 bits per heavy atom. The molecule has 0 amide bonds. The van der Waals surface area contributed by atoms with E-state index in [4.69, 9.17) is 11.6 Å². The molecule has 2 rings (SSSR count). The summed E-state index contributed by atoms with van der Waals surface area (Å²) in [4.78, 5) is 13.1. The van der Waals surface area contributed by atoms with Crippen LogP contribution in [-0.2, 0) is 0 Å². The Morgan fingerprint density at radius 3 is 2.57 bits per heavy atom. The van der Waals surface area contributed by atoms with Gasteiger partial charge in [0.1, 0.15) is 5.02 Å². The Kier molecular flexibility index (Phi) is 10.8. The van der Waals surface area contributed by atoms with E-state index in [0.717, 1.165) is 51.0 Å². The predicted molar refractivity (Wildman–Crippen MR) is 99.3 cm³/mol. The number of rotatable bonds is 6. The zero-order chi connectivity index (χ0) is 15.2. The Hall–Kier alpha value is -0.590. The van der Waals surface area contributed by atoms with E-state index in [0.29, 0.717) is 0 Å². The molecule has 0 bridgehead atoms. The summed E-state index contributed by atoms with van der Waals surface area (Å²) in [6, 6.07) is 5.46. The van der Waals surface area contributed by atoms with E-state index in [1.54, 1.807) is 12.1 Å². The van der Waals surface area contributed by atoms with Crippen LogP contribution in [0.1, 0.15) is 37.8 Å². The van der Waals surface area contributed by atoms with E-state index in [-0.39, 0.29) is 41.6 Å². The molecule has 0 spiro atoms. The third-order valence-corrected chi connectivity index (χ3v) is 4.29. The van der Waals surface area contributed by atoms with Gasteiger partial charge in [-0.2, -0.15) is 0 Å². The lowest BCUT2D eigenvalue weighted by molar-refractivity contribution is -0.384. The summed E-state index contributed by atoms with van der Waals surface area (Å²) in [6.45, 7) is 6.06. The minimum Gasteiger partial charge on any atom is -0.314 e. The Labute approximate surface area is 154 Å². The summed E-state index contributed by atoms with van der Waals surface area (Å²) < 4.78 is 0. The molecule has 5 nitrogen and oxygen atoms in total. The van der Waals surface area contributed by atoms with Crippen LogP contribution in [0.4, 0.5) is 5.69 Å². The van der Waals surface area contributed by atoms with Gasteiger partial charge in [-0.1, -0.05) is 37.4 Å². The van der Waals surface area contributed by atoms with Gasteiger partial charge in [0, 0.05) is 38.3 Å². The molecule has 1 fully saturated rings. The molecular formula is C15H24Cl3N3O2. The summed E-state index contributed by atoms with van der Waals surface area (Å²) in [5, 5.41) is 14.6. The van der Waals surface area contributed by atoms with Gasteiger partial charge in [0.05, 0.1) is 4.92 Å². The maximum atomic E-state index is 11.1. The average molecular weight is 385 g/mol. The fourth-order valence-corrected chi connectivity index (χ4v) is 3.01. The monoisotopic (exact) mass is 383 g/mol. The summed E-state index contributed by atoms with van der Waals surface area (Å²) in [5.74, 6) is 0. The fraction of sp³-hybridized carbons (Fsp3) is 0.600. The zero-order valence-corrected chi connectivity index (χ0v) is 15.6. The molecule has 1 aromatic carbocycles. The van der Waals surface area contributed by atoms with Crippen LogP contribution in [0.2, 0.25) is 5.02 Å². The molecule has 0 radical (unpaired) electrons. The van der Waals surface area contributed by atoms with Gasteiger partial charge >= 0.3 is 0 Å². The summed E-state index contributed by atoms with van der Waals surface area (Å²) in [6.07, 6.45) is 3.26. The molecule has 0 aromatic heterocycles. The molecule has 1 N–H and O–H groups in total. The molecule has 23 heavy (non-hydrogen) atoms. The maximum absolute atomic E-state index is 11.1. The van der Waals surface area contributed by atoms with E-state index in [2.05, 4.69) is 17.1 Å². The highest BCUT2D eigenvalue weighted by Gasteiger charge is 2.24. The number of unbranched alkanes of at least 4 members (excludes halogenated alkanes) is 1. The second kappa shape index (κ2) is 11.0. The second-order valence-corrected chi connectivity index (χ2v) is 5.82. The Morgan fingerprint density at radius 2 is 2.00 bits per heavy atom. The van der Waals surface area contributed by atoms with Crippen molar-refractivity contribution in [1.82, 2.24) is 10.2 Å². The van der Waals surface area contributed by atoms with E-state index in [1.807, 2.05) is 6.07 Å². The molecule has 1 aromatic rings. The first-order valence-electron chi connectivity index (χ1n) is 7.52. The van der Waals surface area contributed by atoms with Crippen LogP contribution >= 0.6 is 36.4 Å². The Balaban J connectivity index is 0.00000242. The number of nitrogens with one attached hydrogen (secondary N) is 1. The lowest BCUT2D eigenvalue weighted by atomic mass is 9.98. The van der Waals surface area contributed by atoms with Crippen LogP contribution in [0.5, 0.6) is 0 Å². The van der Waals surface area contributed by atoms with Crippen LogP contribution in [0, 0.1) is 10.1 Å². The Bertz CT molecular complexity index is 497. The van der Waals surface area contributed by atoms with Crippen LogP contribution < -0.4 is 5.32 Å². The normalized spacial score (nSPS) is 16.1. The maximum Gasteiger partial charge on any atom is 0.288 e. The summed E-state index contributed by atoms with van der Waals surface area (Å²) >= 11 is 5.92. The molecular weight excluding hydrogens is 361 g/mol. The van der Waals surface area contributed by atoms with Crippen molar-refractivity contribution in [2.75, 3.05) is 26.2 Å². The molecule has 1 saturated heterocycles. The van der Waals surface area contributed by atoms with Crippen molar-refractivity contribution in [1.29, 1.82) is 0 Å². The largest absolute Gasteiger partial charge is 0.314 e. The number of nitro benzene ring substituents is 1. The number of piperazine rings is 1. The molecule has 132 valence electrons. The van der Waals surface area contributed by atoms with Crippen LogP contribution in [0.25, 0.3) is 0 Å². The van der Waals surface area contributed by atoms with Crippen molar-refractivity contribution in [3.05, 3.63) is 38.9 Å². The van der Waals surface area contributed by atoms with Crippen molar-refractivity contribution >= 4 is 42.1 Å². The van der Waals surface area contributed by atoms with Crippen LogP contribution in [-0.4, -0.2) is 36.0 Å². The van der Waals surface area contributed by atoms with Gasteiger partial charge < -0.3 is 5.32 Å². The van der Waals surface area contributed by atoms with Crippen molar-refractivity contribution in [3.63, 3.8) is 0 Å². The number of benzene rings is 1. The van der Waals surface area contributed by atoms with Gasteiger partial charge in [-0.15, -0.1) is 24.8 Å². The first-order chi connectivity index (χ1) is 10.1. The van der Waals surface area contributed by atoms with E-state index < -0.39 is 4.92 Å². The van der Waals surface area contributed by atoms with Gasteiger partial charge in [-0.05, 0) is 18.1 Å². The summed E-state index contributed by atoms with van der Waals surface area (Å²) in [7, 11) is 0. The number of nitrogens with zero attached hydrogens (tertiary/aromatic N) is 2. The minimum absolute atomic E-state index is 0. The minimum atomic E-state index is -0.402. The molecule has 1 heterocycles. The van der Waals surface area contributed by atoms with E-state index >= 15 is 0 Å². The zero-order valence-electron chi connectivity index (χ0n) is 13.2. The predicted octanol–water partition coefficient (Wildman–Crippen LogP) is 4.23. The summed E-state index contributed by atoms with van der Waals surface area (Å²) in [5.41, 5.74) is 1.01. The van der Waals surface area contributed by atoms with Gasteiger partial charge in [-0.25, -0.2) is 0 Å². The molecule has 1 aliphatic heterocycles. The van der Waals surface area contributed by atoms with Gasteiger partial charge in [0.2, 0.25) is 0 Å². The third kappa shape index (κ3) is 6.08. The first-order valence-corrected chi connectivity index (χ1v) is 7.90. The molecule has 0 unspecified atom stereocenters. The van der Waals surface area contributed by atoms with Crippen molar-refractivity contribution in [2.45, 2.75) is 32.2 Å². The van der Waals surface area contributed by atoms with Crippen LogP contribution in [0.15, 0.2) is 18.2 Å². The molecule has 0 saturated carbocycles. The van der Waals surface area contributed by atoms with Gasteiger partial charge in [-0.3, -0.25) is 15.0 Å². The quantitative estimate of drug-likeness (QED) is 0.589. The fourth-order valence-electron chi connectivity index (χ4n) is 2.83. The average Bonchev–Trinajstić information content (AvgIpc) is 2.50. The van der Waals surface area contributed by atoms with Gasteiger partial charge in [0.15, 0.2) is 0 Å².